The van der Waals surface area contributed by atoms with Gasteiger partial charge in [-0.3, -0.25) is 14.4 Å². The Morgan fingerprint density at radius 3 is 0.966 bits per heavy atom. The zero-order valence-corrected chi connectivity index (χ0v) is 38.8. The molecular formula is C52H96O6. The molecule has 58 heavy (non-hydrogen) atoms. The van der Waals surface area contributed by atoms with Gasteiger partial charge in [-0.05, 0) is 51.4 Å². The van der Waals surface area contributed by atoms with Gasteiger partial charge in [0, 0.05) is 19.3 Å². The summed E-state index contributed by atoms with van der Waals surface area (Å²) in [6.07, 6.45) is 52.9. The van der Waals surface area contributed by atoms with Gasteiger partial charge in [-0.25, -0.2) is 0 Å². The van der Waals surface area contributed by atoms with E-state index in [-0.39, 0.29) is 31.1 Å². The first kappa shape index (κ1) is 55.9. The van der Waals surface area contributed by atoms with Crippen molar-refractivity contribution in [3.8, 4) is 0 Å². The van der Waals surface area contributed by atoms with Crippen molar-refractivity contribution < 1.29 is 28.6 Å². The molecule has 0 aromatic carbocycles. The third-order valence-electron chi connectivity index (χ3n) is 11.2. The van der Waals surface area contributed by atoms with Crippen molar-refractivity contribution in [3.05, 3.63) is 24.3 Å². The number of carbonyl (C=O) groups excluding carboxylic acids is 3. The number of allylic oxidation sites excluding steroid dienone is 4. The highest BCUT2D eigenvalue weighted by molar-refractivity contribution is 5.71. The number of unbranched alkanes of at least 4 members (excludes halogenated alkanes) is 31. The van der Waals surface area contributed by atoms with Crippen molar-refractivity contribution in [2.45, 2.75) is 277 Å². The van der Waals surface area contributed by atoms with Crippen LogP contribution < -0.4 is 0 Å². The van der Waals surface area contributed by atoms with Gasteiger partial charge < -0.3 is 14.2 Å². The second-order valence-corrected chi connectivity index (χ2v) is 17.1. The van der Waals surface area contributed by atoms with Gasteiger partial charge in [0.25, 0.3) is 0 Å². The molecule has 0 aliphatic heterocycles. The predicted octanol–water partition coefficient (Wildman–Crippen LogP) is 16.4. The monoisotopic (exact) mass is 817 g/mol. The predicted molar refractivity (Wildman–Crippen MR) is 247 cm³/mol. The number of hydrogen-bond acceptors (Lipinski definition) is 6. The molecule has 0 spiro atoms. The lowest BCUT2D eigenvalue weighted by atomic mass is 10.0. The van der Waals surface area contributed by atoms with Gasteiger partial charge in [-0.1, -0.05) is 225 Å². The van der Waals surface area contributed by atoms with E-state index >= 15 is 0 Å². The van der Waals surface area contributed by atoms with Crippen LogP contribution in [0.2, 0.25) is 0 Å². The lowest BCUT2D eigenvalue weighted by Crippen LogP contribution is -2.30. The molecule has 0 aromatic heterocycles. The van der Waals surface area contributed by atoms with Gasteiger partial charge in [0.15, 0.2) is 6.10 Å². The SMILES string of the molecule is CCCCCC/C=C\C/C=C\CCCCCCCC(=O)OCC(COC(=O)CCCCCCCCCCCCCC)OC(=O)CCCCCCCCCCCCCC. The van der Waals surface area contributed by atoms with Crippen LogP contribution in [0.3, 0.4) is 0 Å². The standard InChI is InChI=1S/C52H96O6/c1-4-7-10-13-16-19-22-25-26-27-28-31-33-36-39-42-45-51(54)57-48-49(58-52(55)46-43-40-37-34-30-24-21-18-15-12-9-6-3)47-56-50(53)44-41-38-35-32-29-23-20-17-14-11-8-5-2/h19,22,26-27,49H,4-18,20-21,23-25,28-48H2,1-3H3/b22-19-,27-26-. The van der Waals surface area contributed by atoms with Crippen LogP contribution in [0.15, 0.2) is 24.3 Å². The largest absolute Gasteiger partial charge is 0.462 e. The molecule has 1 atom stereocenters. The maximum Gasteiger partial charge on any atom is 0.306 e. The van der Waals surface area contributed by atoms with Gasteiger partial charge in [0.2, 0.25) is 0 Å². The van der Waals surface area contributed by atoms with Crippen LogP contribution in [0, 0.1) is 0 Å². The van der Waals surface area contributed by atoms with Crippen LogP contribution in [0.25, 0.3) is 0 Å². The Morgan fingerprint density at radius 1 is 0.345 bits per heavy atom. The Kier molecular flexibility index (Phi) is 45.8. The highest BCUT2D eigenvalue weighted by atomic mass is 16.6. The third-order valence-corrected chi connectivity index (χ3v) is 11.2. The molecule has 0 bridgehead atoms. The summed E-state index contributed by atoms with van der Waals surface area (Å²) in [6.45, 7) is 6.62. The Labute approximate surface area is 360 Å². The van der Waals surface area contributed by atoms with Crippen molar-refractivity contribution in [2.24, 2.45) is 0 Å². The number of carbonyl (C=O) groups is 3. The zero-order valence-electron chi connectivity index (χ0n) is 38.8. The van der Waals surface area contributed by atoms with Crippen LogP contribution in [-0.4, -0.2) is 37.2 Å². The van der Waals surface area contributed by atoms with Crippen molar-refractivity contribution in [2.75, 3.05) is 13.2 Å². The lowest BCUT2D eigenvalue weighted by Gasteiger charge is -2.18. The van der Waals surface area contributed by atoms with E-state index in [0.29, 0.717) is 19.3 Å². The van der Waals surface area contributed by atoms with Crippen LogP contribution in [-0.2, 0) is 28.6 Å². The Balaban J connectivity index is 4.35. The van der Waals surface area contributed by atoms with Crippen molar-refractivity contribution >= 4 is 17.9 Å². The molecule has 6 nitrogen and oxygen atoms in total. The van der Waals surface area contributed by atoms with E-state index in [2.05, 4.69) is 45.1 Å². The third kappa shape index (κ3) is 45.0. The smallest absolute Gasteiger partial charge is 0.306 e. The fourth-order valence-corrected chi connectivity index (χ4v) is 7.36. The molecule has 6 heteroatoms. The minimum atomic E-state index is -0.769. The van der Waals surface area contributed by atoms with Gasteiger partial charge >= 0.3 is 17.9 Å². The average Bonchev–Trinajstić information content (AvgIpc) is 3.22. The normalized spacial score (nSPS) is 12.1. The first-order valence-electron chi connectivity index (χ1n) is 25.3. The van der Waals surface area contributed by atoms with Gasteiger partial charge in [-0.2, -0.15) is 0 Å². The van der Waals surface area contributed by atoms with Crippen LogP contribution in [0.1, 0.15) is 271 Å². The molecule has 0 amide bonds. The van der Waals surface area contributed by atoms with Crippen LogP contribution in [0.5, 0.6) is 0 Å². The van der Waals surface area contributed by atoms with Gasteiger partial charge in [0.05, 0.1) is 0 Å². The summed E-state index contributed by atoms with van der Waals surface area (Å²) >= 11 is 0. The Bertz CT molecular complexity index is 942. The topological polar surface area (TPSA) is 78.9 Å². The van der Waals surface area contributed by atoms with Crippen molar-refractivity contribution in [1.29, 1.82) is 0 Å². The summed E-state index contributed by atoms with van der Waals surface area (Å²) in [7, 11) is 0. The van der Waals surface area contributed by atoms with E-state index in [1.165, 1.54) is 154 Å². The molecule has 0 heterocycles. The zero-order chi connectivity index (χ0) is 42.3. The van der Waals surface area contributed by atoms with Crippen molar-refractivity contribution in [1.82, 2.24) is 0 Å². The van der Waals surface area contributed by atoms with Gasteiger partial charge in [-0.15, -0.1) is 0 Å². The van der Waals surface area contributed by atoms with E-state index in [1.807, 2.05) is 0 Å². The highest BCUT2D eigenvalue weighted by Gasteiger charge is 2.19. The lowest BCUT2D eigenvalue weighted by molar-refractivity contribution is -0.167. The molecule has 0 aromatic rings. The summed E-state index contributed by atoms with van der Waals surface area (Å²) in [5.74, 6) is -0.874. The molecule has 0 aliphatic carbocycles. The number of hydrogen-bond donors (Lipinski definition) is 0. The van der Waals surface area contributed by atoms with E-state index in [4.69, 9.17) is 14.2 Å². The fraction of sp³-hybridized carbons (Fsp3) is 0.865. The molecule has 0 saturated heterocycles. The molecule has 0 radical (unpaired) electrons. The first-order chi connectivity index (χ1) is 28.5. The minimum absolute atomic E-state index is 0.0711. The van der Waals surface area contributed by atoms with Gasteiger partial charge in [0.1, 0.15) is 13.2 Å². The maximum atomic E-state index is 12.7. The molecular weight excluding hydrogens is 721 g/mol. The molecule has 0 aliphatic rings. The summed E-state index contributed by atoms with van der Waals surface area (Å²) in [5, 5.41) is 0. The van der Waals surface area contributed by atoms with E-state index in [1.54, 1.807) is 0 Å². The number of rotatable bonds is 46. The first-order valence-corrected chi connectivity index (χ1v) is 25.3. The molecule has 1 unspecified atom stereocenters. The Hall–Kier alpha value is -2.11. The second-order valence-electron chi connectivity index (χ2n) is 17.1. The molecule has 340 valence electrons. The van der Waals surface area contributed by atoms with E-state index in [9.17, 15) is 14.4 Å². The maximum absolute atomic E-state index is 12.7. The molecule has 0 rings (SSSR count). The fourth-order valence-electron chi connectivity index (χ4n) is 7.36. The van der Waals surface area contributed by atoms with Crippen molar-refractivity contribution in [3.63, 3.8) is 0 Å². The second kappa shape index (κ2) is 47.6. The van der Waals surface area contributed by atoms with E-state index in [0.717, 1.165) is 77.0 Å². The average molecular weight is 817 g/mol. The summed E-state index contributed by atoms with van der Waals surface area (Å²) < 4.78 is 16.8. The summed E-state index contributed by atoms with van der Waals surface area (Å²) in [4.78, 5) is 37.9. The summed E-state index contributed by atoms with van der Waals surface area (Å²) in [6, 6.07) is 0. The quantitative estimate of drug-likeness (QED) is 0.0263. The number of esters is 3. The number of ether oxygens (including phenoxy) is 3. The van der Waals surface area contributed by atoms with Crippen LogP contribution >= 0.6 is 0 Å². The molecule has 0 N–H and O–H groups in total. The van der Waals surface area contributed by atoms with Crippen LogP contribution in [0.4, 0.5) is 0 Å². The summed E-state index contributed by atoms with van der Waals surface area (Å²) in [5.41, 5.74) is 0. The molecule has 0 saturated carbocycles. The molecule has 0 fully saturated rings. The minimum Gasteiger partial charge on any atom is -0.462 e. The Morgan fingerprint density at radius 2 is 0.621 bits per heavy atom. The van der Waals surface area contributed by atoms with E-state index < -0.39 is 6.10 Å². The highest BCUT2D eigenvalue weighted by Crippen LogP contribution is 2.15.